The molecule has 0 amide bonds. The van der Waals surface area contributed by atoms with Crippen LogP contribution in [0.1, 0.15) is 64.5 Å². The summed E-state index contributed by atoms with van der Waals surface area (Å²) in [5, 5.41) is 2.35. The van der Waals surface area contributed by atoms with Crippen LogP contribution in [0.15, 0.2) is 54.6 Å². The van der Waals surface area contributed by atoms with E-state index in [4.69, 9.17) is 13.8 Å². The Labute approximate surface area is 248 Å². The Morgan fingerprint density at radius 2 is 1.40 bits per heavy atom. The first kappa shape index (κ1) is 34.1. The van der Waals surface area contributed by atoms with Gasteiger partial charge in [0.05, 0.1) is 6.61 Å². The quantitative estimate of drug-likeness (QED) is 0.0482. The lowest BCUT2D eigenvalue weighted by molar-refractivity contribution is -0.145. The molecule has 0 aromatic heterocycles. The number of ether oxygens (including phenoxy) is 1. The maximum Gasteiger partial charge on any atom is 0.513 e. The predicted octanol–water partition coefficient (Wildman–Crippen LogP) is 8.57. The molecule has 0 saturated heterocycles. The van der Waals surface area contributed by atoms with E-state index in [0.717, 1.165) is 24.8 Å². The molecular weight excluding hydrogens is 592 g/mol. The molecule has 2 atom stereocenters. The van der Waals surface area contributed by atoms with Crippen molar-refractivity contribution in [1.82, 2.24) is 5.09 Å². The van der Waals surface area contributed by atoms with E-state index in [9.17, 15) is 31.3 Å². The summed E-state index contributed by atoms with van der Waals surface area (Å²) in [5.41, 5.74) is 1.17. The topological polar surface area (TPSA) is 73.9 Å². The zero-order valence-electron chi connectivity index (χ0n) is 24.4. The average molecular weight is 628 g/mol. The highest BCUT2D eigenvalue weighted by Crippen LogP contribution is 2.48. The molecule has 3 aromatic carbocycles. The Morgan fingerprint density at radius 3 is 1.95 bits per heavy atom. The summed E-state index contributed by atoms with van der Waals surface area (Å²) in [6, 6.07) is 13.1. The fourth-order valence-electron chi connectivity index (χ4n) is 4.04. The third-order valence-corrected chi connectivity index (χ3v) is 7.95. The number of unbranched alkanes of at least 4 members (excludes halogenated alkanes) is 3. The number of carbonyl (C=O) groups excluding carboxylic acids is 1. The molecule has 1 unspecified atom stereocenters. The highest BCUT2D eigenvalue weighted by atomic mass is 31.2. The van der Waals surface area contributed by atoms with E-state index in [1.54, 1.807) is 42.5 Å². The van der Waals surface area contributed by atoms with Crippen LogP contribution in [0.2, 0.25) is 0 Å². The van der Waals surface area contributed by atoms with Gasteiger partial charge in [-0.2, -0.15) is 13.9 Å². The number of rotatable bonds is 14. The van der Waals surface area contributed by atoms with Crippen molar-refractivity contribution in [2.45, 2.75) is 71.3 Å². The zero-order chi connectivity index (χ0) is 31.8. The monoisotopic (exact) mass is 627 g/mol. The molecule has 3 aromatic rings. The van der Waals surface area contributed by atoms with Gasteiger partial charge in [0.1, 0.15) is 11.8 Å². The summed E-state index contributed by atoms with van der Waals surface area (Å²) in [6.07, 6.45) is 3.11. The first-order chi connectivity index (χ1) is 20.3. The Morgan fingerprint density at radius 1 is 0.814 bits per heavy atom. The smallest absolute Gasteiger partial charge is 0.465 e. The van der Waals surface area contributed by atoms with Crippen molar-refractivity contribution in [3.8, 4) is 11.5 Å². The Bertz CT molecular complexity index is 1400. The number of hydrogen-bond acceptors (Lipinski definition) is 5. The highest BCUT2D eigenvalue weighted by Gasteiger charge is 2.39. The number of esters is 1. The van der Waals surface area contributed by atoms with Gasteiger partial charge in [-0.3, -0.25) is 4.79 Å². The van der Waals surface area contributed by atoms with Crippen LogP contribution in [0.4, 0.5) is 22.0 Å². The Balaban J connectivity index is 2.01. The minimum Gasteiger partial charge on any atom is -0.465 e. The molecule has 3 rings (SSSR count). The summed E-state index contributed by atoms with van der Waals surface area (Å²) in [4.78, 5) is 13.2. The van der Waals surface area contributed by atoms with Crippen molar-refractivity contribution in [3.05, 3.63) is 94.8 Å². The van der Waals surface area contributed by atoms with E-state index < -0.39 is 54.6 Å². The number of hydrogen-bond donors (Lipinski definition) is 1. The standard InChI is InChI=1S/C31H35F5NO5P/c1-5-6-7-11-18-40-30(38)23(19-20-12-9-8-10-13-20)37-43(39,41-22-16-14-21(15-17-22)31(2,3)4)42-29-27(35)25(33)24(32)26(34)28(29)36/h8-10,12-17,23H,5-7,11,18-19H2,1-4H3,(H,37,39)/t23-,43?/m0/s1. The van der Waals surface area contributed by atoms with Crippen LogP contribution in [-0.4, -0.2) is 18.6 Å². The fraction of sp³-hybridized carbons (Fsp3) is 0.387. The van der Waals surface area contributed by atoms with Gasteiger partial charge in [-0.25, -0.2) is 17.7 Å². The summed E-state index contributed by atoms with van der Waals surface area (Å²) >= 11 is 0. The molecule has 0 heterocycles. The lowest BCUT2D eigenvalue weighted by Crippen LogP contribution is -2.40. The SMILES string of the molecule is CCCCCCOC(=O)[C@H](Cc1ccccc1)NP(=O)(Oc1ccc(C(C)(C)C)cc1)Oc1c(F)c(F)c(F)c(F)c1F. The van der Waals surface area contributed by atoms with Crippen molar-refractivity contribution < 1.29 is 45.1 Å². The van der Waals surface area contributed by atoms with Crippen molar-refractivity contribution >= 4 is 13.7 Å². The first-order valence-electron chi connectivity index (χ1n) is 13.8. The average Bonchev–Trinajstić information content (AvgIpc) is 2.97. The van der Waals surface area contributed by atoms with Gasteiger partial charge in [0.15, 0.2) is 0 Å². The van der Waals surface area contributed by atoms with Gasteiger partial charge in [0, 0.05) is 0 Å². The lowest BCUT2D eigenvalue weighted by atomic mass is 9.87. The number of carbonyl (C=O) groups is 1. The van der Waals surface area contributed by atoms with Crippen LogP contribution < -0.4 is 14.1 Å². The molecule has 12 heteroatoms. The largest absolute Gasteiger partial charge is 0.513 e. The molecule has 43 heavy (non-hydrogen) atoms. The van der Waals surface area contributed by atoms with Crippen molar-refractivity contribution in [1.29, 1.82) is 0 Å². The molecule has 0 radical (unpaired) electrons. The fourth-order valence-corrected chi connectivity index (χ4v) is 5.56. The molecule has 0 fully saturated rings. The minimum atomic E-state index is -5.11. The van der Waals surface area contributed by atoms with Crippen molar-refractivity contribution in [2.75, 3.05) is 6.61 Å². The molecule has 0 bridgehead atoms. The third-order valence-electron chi connectivity index (χ3n) is 6.45. The van der Waals surface area contributed by atoms with Gasteiger partial charge < -0.3 is 13.8 Å². The number of halogens is 5. The van der Waals surface area contributed by atoms with Gasteiger partial charge in [-0.05, 0) is 41.5 Å². The van der Waals surface area contributed by atoms with Gasteiger partial charge in [0.2, 0.25) is 34.8 Å². The maximum atomic E-state index is 14.6. The van der Waals surface area contributed by atoms with E-state index >= 15 is 0 Å². The van der Waals surface area contributed by atoms with Crippen LogP contribution in [0.25, 0.3) is 0 Å². The molecule has 0 aliphatic rings. The Hall–Kier alpha value is -3.43. The number of nitrogens with one attached hydrogen (secondary N) is 1. The van der Waals surface area contributed by atoms with Gasteiger partial charge in [-0.1, -0.05) is 89.4 Å². The third kappa shape index (κ3) is 9.28. The molecule has 234 valence electrons. The molecule has 1 N–H and O–H groups in total. The predicted molar refractivity (Wildman–Crippen MR) is 152 cm³/mol. The van der Waals surface area contributed by atoms with E-state index in [1.165, 1.54) is 12.1 Å². The van der Waals surface area contributed by atoms with E-state index in [0.29, 0.717) is 12.0 Å². The van der Waals surface area contributed by atoms with E-state index in [1.807, 2.05) is 27.7 Å². The maximum absolute atomic E-state index is 14.6. The van der Waals surface area contributed by atoms with Crippen LogP contribution in [-0.2, 0) is 25.9 Å². The normalized spacial score (nSPS) is 13.7. The lowest BCUT2D eigenvalue weighted by Gasteiger charge is -2.26. The number of benzene rings is 3. The Kier molecular flexibility index (Phi) is 11.8. The highest BCUT2D eigenvalue weighted by molar-refractivity contribution is 7.52. The van der Waals surface area contributed by atoms with Crippen LogP contribution in [0, 0.1) is 29.1 Å². The molecular formula is C31H35F5NO5P. The molecule has 0 aliphatic carbocycles. The second kappa shape index (κ2) is 14.8. The minimum absolute atomic E-state index is 0.0454. The van der Waals surface area contributed by atoms with Gasteiger partial charge in [-0.15, -0.1) is 0 Å². The van der Waals surface area contributed by atoms with Gasteiger partial charge >= 0.3 is 13.7 Å². The van der Waals surface area contributed by atoms with Gasteiger partial charge in [0.25, 0.3) is 0 Å². The van der Waals surface area contributed by atoms with Crippen molar-refractivity contribution in [2.24, 2.45) is 0 Å². The summed E-state index contributed by atoms with van der Waals surface area (Å²) in [5.74, 6) is -14.6. The molecule has 0 aliphatic heterocycles. The van der Waals surface area contributed by atoms with Crippen LogP contribution in [0.5, 0.6) is 11.5 Å². The first-order valence-corrected chi connectivity index (χ1v) is 15.4. The van der Waals surface area contributed by atoms with Crippen LogP contribution >= 0.6 is 7.75 Å². The van der Waals surface area contributed by atoms with E-state index in [-0.39, 0.29) is 24.2 Å². The molecule has 6 nitrogen and oxygen atoms in total. The summed E-state index contributed by atoms with van der Waals surface area (Å²) < 4.78 is 101. The van der Waals surface area contributed by atoms with Crippen molar-refractivity contribution in [3.63, 3.8) is 0 Å². The summed E-state index contributed by atoms with van der Waals surface area (Å²) in [7, 11) is -5.11. The zero-order valence-corrected chi connectivity index (χ0v) is 25.3. The second-order valence-electron chi connectivity index (χ2n) is 11.0. The van der Waals surface area contributed by atoms with Crippen LogP contribution in [0.3, 0.4) is 0 Å². The molecule has 0 saturated carbocycles. The second-order valence-corrected chi connectivity index (χ2v) is 12.6. The van der Waals surface area contributed by atoms with E-state index in [2.05, 4.69) is 5.09 Å². The summed E-state index contributed by atoms with van der Waals surface area (Å²) in [6.45, 7) is 7.91. The molecule has 0 spiro atoms.